The van der Waals surface area contributed by atoms with Gasteiger partial charge in [0.25, 0.3) is 0 Å². The van der Waals surface area contributed by atoms with Crippen LogP contribution in [0.1, 0.15) is 40.5 Å². The molecular formula is C13H24N2O. The van der Waals surface area contributed by atoms with Crippen LogP contribution in [-0.2, 0) is 4.79 Å². The molecule has 0 saturated carbocycles. The molecule has 92 valence electrons. The smallest absolute Gasteiger partial charge is 0.236 e. The van der Waals surface area contributed by atoms with E-state index in [9.17, 15) is 4.79 Å². The maximum Gasteiger partial charge on any atom is 0.236 e. The molecule has 2 atom stereocenters. The quantitative estimate of drug-likeness (QED) is 0.644. The number of nitrogens with one attached hydrogen (secondary N) is 2. The van der Waals surface area contributed by atoms with Gasteiger partial charge in [0.15, 0.2) is 0 Å². The minimum Gasteiger partial charge on any atom is -0.354 e. The molecule has 0 heterocycles. The predicted molar refractivity (Wildman–Crippen MR) is 68.0 cm³/mol. The third-order valence-corrected chi connectivity index (χ3v) is 2.31. The second-order valence-corrected chi connectivity index (χ2v) is 4.54. The standard InChI is InChI=1S/C13H24N2O/c1-6-8-12(7-2)15-11(5)13(16)14-9-10(3)4/h2,10-12,15H,6,8-9H2,1,3-5H3,(H,14,16). The van der Waals surface area contributed by atoms with Gasteiger partial charge in [-0.1, -0.05) is 33.1 Å². The van der Waals surface area contributed by atoms with E-state index in [1.807, 2.05) is 6.92 Å². The summed E-state index contributed by atoms with van der Waals surface area (Å²) in [4.78, 5) is 11.7. The average molecular weight is 224 g/mol. The molecule has 0 aliphatic rings. The third kappa shape index (κ3) is 6.47. The van der Waals surface area contributed by atoms with Crippen molar-refractivity contribution in [1.82, 2.24) is 10.6 Å². The zero-order chi connectivity index (χ0) is 12.6. The summed E-state index contributed by atoms with van der Waals surface area (Å²) in [5.74, 6) is 3.15. The fraction of sp³-hybridized carbons (Fsp3) is 0.769. The Hall–Kier alpha value is -1.01. The molecule has 0 aliphatic heterocycles. The first-order valence-corrected chi connectivity index (χ1v) is 6.01. The number of carbonyl (C=O) groups excluding carboxylic acids is 1. The molecule has 0 rings (SSSR count). The van der Waals surface area contributed by atoms with Gasteiger partial charge in [0.1, 0.15) is 0 Å². The monoisotopic (exact) mass is 224 g/mol. The summed E-state index contributed by atoms with van der Waals surface area (Å²) in [6.07, 6.45) is 7.30. The molecule has 1 amide bonds. The van der Waals surface area contributed by atoms with Gasteiger partial charge >= 0.3 is 0 Å². The van der Waals surface area contributed by atoms with E-state index in [-0.39, 0.29) is 18.0 Å². The summed E-state index contributed by atoms with van der Waals surface area (Å²) in [6.45, 7) is 8.77. The molecule has 0 aromatic carbocycles. The largest absolute Gasteiger partial charge is 0.354 e. The molecule has 2 N–H and O–H groups in total. The molecular weight excluding hydrogens is 200 g/mol. The zero-order valence-electron chi connectivity index (χ0n) is 10.8. The topological polar surface area (TPSA) is 41.1 Å². The average Bonchev–Trinajstić information content (AvgIpc) is 2.24. The molecule has 0 saturated heterocycles. The van der Waals surface area contributed by atoms with Gasteiger partial charge in [-0.2, -0.15) is 0 Å². The Labute approximate surface area is 99.4 Å². The van der Waals surface area contributed by atoms with Crippen LogP contribution in [0.5, 0.6) is 0 Å². The maximum absolute atomic E-state index is 11.7. The van der Waals surface area contributed by atoms with Crippen molar-refractivity contribution in [3.05, 3.63) is 0 Å². The highest BCUT2D eigenvalue weighted by molar-refractivity contribution is 5.81. The van der Waals surface area contributed by atoms with Crippen LogP contribution in [0.2, 0.25) is 0 Å². The van der Waals surface area contributed by atoms with Crippen molar-refractivity contribution >= 4 is 5.91 Å². The van der Waals surface area contributed by atoms with Crippen molar-refractivity contribution in [1.29, 1.82) is 0 Å². The van der Waals surface area contributed by atoms with Gasteiger partial charge in [-0.25, -0.2) is 0 Å². The summed E-state index contributed by atoms with van der Waals surface area (Å²) >= 11 is 0. The van der Waals surface area contributed by atoms with Gasteiger partial charge in [-0.3, -0.25) is 10.1 Å². The van der Waals surface area contributed by atoms with Crippen molar-refractivity contribution in [2.45, 2.75) is 52.6 Å². The first-order valence-electron chi connectivity index (χ1n) is 6.01. The Morgan fingerprint density at radius 3 is 2.44 bits per heavy atom. The highest BCUT2D eigenvalue weighted by Crippen LogP contribution is 1.97. The van der Waals surface area contributed by atoms with Crippen LogP contribution < -0.4 is 10.6 Å². The van der Waals surface area contributed by atoms with Crippen LogP contribution >= 0.6 is 0 Å². The molecule has 3 heteroatoms. The Morgan fingerprint density at radius 1 is 1.38 bits per heavy atom. The number of rotatable bonds is 7. The van der Waals surface area contributed by atoms with Gasteiger partial charge in [0.2, 0.25) is 5.91 Å². The van der Waals surface area contributed by atoms with Crippen LogP contribution in [0, 0.1) is 18.3 Å². The normalized spacial score (nSPS) is 14.2. The SMILES string of the molecule is C#CC(CCC)NC(C)C(=O)NCC(C)C. The fourth-order valence-electron chi connectivity index (χ4n) is 1.34. The van der Waals surface area contributed by atoms with E-state index in [1.165, 1.54) is 0 Å². The Morgan fingerprint density at radius 2 is 2.00 bits per heavy atom. The first-order chi connectivity index (χ1) is 7.51. The molecule has 2 unspecified atom stereocenters. The van der Waals surface area contributed by atoms with Gasteiger partial charge in [0, 0.05) is 6.54 Å². The van der Waals surface area contributed by atoms with E-state index >= 15 is 0 Å². The Bertz CT molecular complexity index is 243. The second-order valence-electron chi connectivity index (χ2n) is 4.54. The first kappa shape index (κ1) is 15.0. The van der Waals surface area contributed by atoms with Crippen molar-refractivity contribution in [2.75, 3.05) is 6.54 Å². The van der Waals surface area contributed by atoms with E-state index < -0.39 is 0 Å². The van der Waals surface area contributed by atoms with Gasteiger partial charge in [0.05, 0.1) is 12.1 Å². The van der Waals surface area contributed by atoms with Crippen molar-refractivity contribution in [2.24, 2.45) is 5.92 Å². The molecule has 0 spiro atoms. The summed E-state index contributed by atoms with van der Waals surface area (Å²) in [7, 11) is 0. The minimum atomic E-state index is -0.230. The highest BCUT2D eigenvalue weighted by atomic mass is 16.2. The van der Waals surface area contributed by atoms with E-state index in [0.29, 0.717) is 12.5 Å². The summed E-state index contributed by atoms with van der Waals surface area (Å²) < 4.78 is 0. The van der Waals surface area contributed by atoms with Crippen molar-refractivity contribution < 1.29 is 4.79 Å². The number of amides is 1. The van der Waals surface area contributed by atoms with E-state index in [4.69, 9.17) is 6.42 Å². The number of hydrogen-bond donors (Lipinski definition) is 2. The van der Waals surface area contributed by atoms with Crippen LogP contribution in [0.3, 0.4) is 0 Å². The molecule has 0 bridgehead atoms. The fourth-order valence-corrected chi connectivity index (χ4v) is 1.34. The third-order valence-electron chi connectivity index (χ3n) is 2.31. The van der Waals surface area contributed by atoms with Gasteiger partial charge < -0.3 is 5.32 Å². The lowest BCUT2D eigenvalue weighted by Gasteiger charge is -2.19. The lowest BCUT2D eigenvalue weighted by molar-refractivity contribution is -0.123. The van der Waals surface area contributed by atoms with Crippen LogP contribution in [0.4, 0.5) is 0 Å². The Balaban J connectivity index is 3.99. The second kappa shape index (κ2) is 8.18. The lowest BCUT2D eigenvalue weighted by Crippen LogP contribution is -2.46. The number of terminal acetylenes is 1. The van der Waals surface area contributed by atoms with E-state index in [2.05, 4.69) is 37.3 Å². The zero-order valence-corrected chi connectivity index (χ0v) is 10.8. The summed E-state index contributed by atoms with van der Waals surface area (Å²) in [5.41, 5.74) is 0. The maximum atomic E-state index is 11.7. The van der Waals surface area contributed by atoms with Gasteiger partial charge in [-0.05, 0) is 19.3 Å². The van der Waals surface area contributed by atoms with E-state index in [0.717, 1.165) is 12.8 Å². The van der Waals surface area contributed by atoms with Crippen LogP contribution in [0.25, 0.3) is 0 Å². The summed E-state index contributed by atoms with van der Waals surface area (Å²) in [6, 6.07) is -0.240. The molecule has 0 aromatic rings. The molecule has 0 radical (unpaired) electrons. The molecule has 0 aliphatic carbocycles. The van der Waals surface area contributed by atoms with Crippen LogP contribution in [0.15, 0.2) is 0 Å². The van der Waals surface area contributed by atoms with Crippen molar-refractivity contribution in [3.63, 3.8) is 0 Å². The number of carbonyl (C=O) groups is 1. The lowest BCUT2D eigenvalue weighted by atomic mass is 10.1. The van der Waals surface area contributed by atoms with Crippen LogP contribution in [-0.4, -0.2) is 24.5 Å². The summed E-state index contributed by atoms with van der Waals surface area (Å²) in [5, 5.41) is 6.03. The molecule has 0 fully saturated rings. The molecule has 0 aromatic heterocycles. The predicted octanol–water partition coefficient (Wildman–Crippen LogP) is 1.54. The molecule has 16 heavy (non-hydrogen) atoms. The van der Waals surface area contributed by atoms with Crippen molar-refractivity contribution in [3.8, 4) is 12.3 Å². The minimum absolute atomic E-state index is 0.00944. The molecule has 3 nitrogen and oxygen atoms in total. The number of hydrogen-bond acceptors (Lipinski definition) is 2. The highest BCUT2D eigenvalue weighted by Gasteiger charge is 2.15. The van der Waals surface area contributed by atoms with E-state index in [1.54, 1.807) is 0 Å². The van der Waals surface area contributed by atoms with Gasteiger partial charge in [-0.15, -0.1) is 6.42 Å². The Kier molecular flexibility index (Phi) is 7.66.